The van der Waals surface area contributed by atoms with Crippen LogP contribution in [0.25, 0.3) is 0 Å². The van der Waals surface area contributed by atoms with Gasteiger partial charge in [-0.1, -0.05) is 6.92 Å². The lowest BCUT2D eigenvalue weighted by Crippen LogP contribution is -2.44. The lowest BCUT2D eigenvalue weighted by atomic mass is 9.98. The van der Waals surface area contributed by atoms with E-state index in [0.717, 1.165) is 26.1 Å². The van der Waals surface area contributed by atoms with Crippen molar-refractivity contribution in [2.75, 3.05) is 32.8 Å². The molecular formula is C13H26N2O3S. The van der Waals surface area contributed by atoms with Crippen LogP contribution in [-0.4, -0.2) is 57.5 Å². The Morgan fingerprint density at radius 2 is 2.16 bits per heavy atom. The normalized spacial score (nSPS) is 33.7. The zero-order valence-electron chi connectivity index (χ0n) is 12.0. The molecule has 0 aliphatic carbocycles. The highest BCUT2D eigenvalue weighted by Crippen LogP contribution is 2.21. The van der Waals surface area contributed by atoms with E-state index in [1.807, 2.05) is 6.92 Å². The molecule has 0 aromatic carbocycles. The fourth-order valence-electron chi connectivity index (χ4n) is 3.07. The van der Waals surface area contributed by atoms with Crippen LogP contribution >= 0.6 is 0 Å². The molecule has 0 bridgehead atoms. The van der Waals surface area contributed by atoms with Crippen LogP contribution in [0.1, 0.15) is 33.1 Å². The first-order valence-corrected chi connectivity index (χ1v) is 8.90. The summed E-state index contributed by atoms with van der Waals surface area (Å²) in [5, 5.41) is -0.377. The second kappa shape index (κ2) is 6.52. The minimum Gasteiger partial charge on any atom is -0.377 e. The Hall–Kier alpha value is -0.170. The van der Waals surface area contributed by atoms with Crippen molar-refractivity contribution in [2.45, 2.75) is 44.5 Å². The number of sulfonamides is 1. The van der Waals surface area contributed by atoms with E-state index >= 15 is 0 Å². The third-order valence-corrected chi connectivity index (χ3v) is 6.31. The minimum atomic E-state index is -3.23. The molecule has 0 aromatic heterocycles. The Kier molecular flexibility index (Phi) is 5.22. The Morgan fingerprint density at radius 3 is 2.79 bits per heavy atom. The van der Waals surface area contributed by atoms with Crippen molar-refractivity contribution in [3.8, 4) is 0 Å². The van der Waals surface area contributed by atoms with Crippen LogP contribution in [0.5, 0.6) is 0 Å². The molecule has 2 fully saturated rings. The number of hydrogen-bond acceptors (Lipinski definition) is 4. The van der Waals surface area contributed by atoms with Crippen molar-refractivity contribution in [3.63, 3.8) is 0 Å². The molecule has 0 spiro atoms. The zero-order valence-corrected chi connectivity index (χ0v) is 12.8. The second-order valence-corrected chi connectivity index (χ2v) is 7.68. The number of likely N-dealkylation sites (tertiary alicyclic amines) is 1. The molecule has 0 saturated carbocycles. The van der Waals surface area contributed by atoms with E-state index in [4.69, 9.17) is 4.74 Å². The van der Waals surface area contributed by atoms with Crippen molar-refractivity contribution in [3.05, 3.63) is 0 Å². The summed E-state index contributed by atoms with van der Waals surface area (Å²) in [7, 11) is -3.23. The highest BCUT2D eigenvalue weighted by molar-refractivity contribution is 7.90. The molecule has 0 aromatic rings. The number of rotatable bonds is 5. The molecule has 5 nitrogen and oxygen atoms in total. The van der Waals surface area contributed by atoms with Gasteiger partial charge in [-0.05, 0) is 45.2 Å². The van der Waals surface area contributed by atoms with E-state index in [9.17, 15) is 8.42 Å². The molecule has 0 radical (unpaired) electrons. The maximum atomic E-state index is 12.2. The summed E-state index contributed by atoms with van der Waals surface area (Å²) in [4.78, 5) is 2.39. The SMILES string of the molecule is CCN1CCCC(CNS(=O)(=O)C2CCOC2C)C1. The van der Waals surface area contributed by atoms with E-state index in [-0.39, 0.29) is 11.4 Å². The maximum Gasteiger partial charge on any atom is 0.217 e. The van der Waals surface area contributed by atoms with Crippen LogP contribution in [-0.2, 0) is 14.8 Å². The lowest BCUT2D eigenvalue weighted by molar-refractivity contribution is 0.126. The van der Waals surface area contributed by atoms with Gasteiger partial charge in [0.15, 0.2) is 0 Å². The highest BCUT2D eigenvalue weighted by atomic mass is 32.2. The summed E-state index contributed by atoms with van der Waals surface area (Å²) in [6.45, 7) is 8.34. The number of piperidine rings is 1. The second-order valence-electron chi connectivity index (χ2n) is 5.70. The van der Waals surface area contributed by atoms with Crippen molar-refractivity contribution in [2.24, 2.45) is 5.92 Å². The molecule has 2 heterocycles. The number of nitrogens with zero attached hydrogens (tertiary/aromatic N) is 1. The zero-order chi connectivity index (χ0) is 13.9. The summed E-state index contributed by atoms with van der Waals surface area (Å²) in [6.07, 6.45) is 2.72. The number of ether oxygens (including phenoxy) is 1. The van der Waals surface area contributed by atoms with Crippen LogP contribution in [0.15, 0.2) is 0 Å². The van der Waals surface area contributed by atoms with Gasteiger partial charge in [0.1, 0.15) is 5.25 Å². The predicted octanol–water partition coefficient (Wildman–Crippen LogP) is 0.815. The molecule has 19 heavy (non-hydrogen) atoms. The first-order valence-electron chi connectivity index (χ1n) is 7.35. The molecule has 112 valence electrons. The van der Waals surface area contributed by atoms with Crippen LogP contribution in [0, 0.1) is 5.92 Å². The van der Waals surface area contributed by atoms with Gasteiger partial charge in [-0.2, -0.15) is 0 Å². The van der Waals surface area contributed by atoms with Crippen LogP contribution < -0.4 is 4.72 Å². The average Bonchev–Trinajstić information content (AvgIpc) is 2.84. The van der Waals surface area contributed by atoms with Crippen LogP contribution in [0.3, 0.4) is 0 Å². The maximum absolute atomic E-state index is 12.2. The van der Waals surface area contributed by atoms with Gasteiger partial charge < -0.3 is 9.64 Å². The summed E-state index contributed by atoms with van der Waals surface area (Å²) in [5.74, 6) is 0.445. The van der Waals surface area contributed by atoms with Crippen molar-refractivity contribution in [1.82, 2.24) is 9.62 Å². The van der Waals surface area contributed by atoms with Gasteiger partial charge in [0.2, 0.25) is 10.0 Å². The first kappa shape index (κ1) is 15.2. The monoisotopic (exact) mass is 290 g/mol. The van der Waals surface area contributed by atoms with Gasteiger partial charge in [0.25, 0.3) is 0 Å². The molecular weight excluding hydrogens is 264 g/mol. The molecule has 2 saturated heterocycles. The van der Waals surface area contributed by atoms with Crippen molar-refractivity contribution >= 4 is 10.0 Å². The number of nitrogens with one attached hydrogen (secondary N) is 1. The smallest absolute Gasteiger partial charge is 0.217 e. The summed E-state index contributed by atoms with van der Waals surface area (Å²) in [5.41, 5.74) is 0. The molecule has 3 unspecified atom stereocenters. The van der Waals surface area contributed by atoms with E-state index in [1.165, 1.54) is 6.42 Å². The van der Waals surface area contributed by atoms with Gasteiger partial charge in [-0.25, -0.2) is 13.1 Å². The third-order valence-electron chi connectivity index (χ3n) is 4.33. The summed E-state index contributed by atoms with van der Waals surface area (Å²) < 4.78 is 32.6. The van der Waals surface area contributed by atoms with E-state index < -0.39 is 10.0 Å². The molecule has 3 atom stereocenters. The van der Waals surface area contributed by atoms with E-state index in [2.05, 4.69) is 16.5 Å². The van der Waals surface area contributed by atoms with Gasteiger partial charge >= 0.3 is 0 Å². The quantitative estimate of drug-likeness (QED) is 0.814. The van der Waals surface area contributed by atoms with Crippen molar-refractivity contribution in [1.29, 1.82) is 0 Å². The molecule has 2 aliphatic rings. The van der Waals surface area contributed by atoms with Crippen LogP contribution in [0.2, 0.25) is 0 Å². The van der Waals surface area contributed by atoms with E-state index in [1.54, 1.807) is 0 Å². The Bertz CT molecular complexity index is 385. The van der Waals surface area contributed by atoms with Crippen LogP contribution in [0.4, 0.5) is 0 Å². The Labute approximate surface area is 116 Å². The lowest BCUT2D eigenvalue weighted by Gasteiger charge is -2.32. The predicted molar refractivity (Wildman–Crippen MR) is 75.6 cm³/mol. The van der Waals surface area contributed by atoms with Gasteiger partial charge in [0.05, 0.1) is 6.10 Å². The van der Waals surface area contributed by atoms with Crippen molar-refractivity contribution < 1.29 is 13.2 Å². The third kappa shape index (κ3) is 3.90. The average molecular weight is 290 g/mol. The molecule has 1 N–H and O–H groups in total. The highest BCUT2D eigenvalue weighted by Gasteiger charge is 2.36. The standard InChI is InChI=1S/C13H26N2O3S/c1-3-15-7-4-5-12(10-15)9-14-19(16,17)13-6-8-18-11(13)2/h11-14H,3-10H2,1-2H3. The molecule has 6 heteroatoms. The Balaban J connectivity index is 1.84. The summed E-state index contributed by atoms with van der Waals surface area (Å²) >= 11 is 0. The Morgan fingerprint density at radius 1 is 1.37 bits per heavy atom. The summed E-state index contributed by atoms with van der Waals surface area (Å²) in [6, 6.07) is 0. The minimum absolute atomic E-state index is 0.184. The first-order chi connectivity index (χ1) is 9.03. The largest absolute Gasteiger partial charge is 0.377 e. The fourth-order valence-corrected chi connectivity index (χ4v) is 4.74. The number of hydrogen-bond donors (Lipinski definition) is 1. The molecule has 2 rings (SSSR count). The van der Waals surface area contributed by atoms with Gasteiger partial charge in [-0.3, -0.25) is 0 Å². The molecule has 2 aliphatic heterocycles. The molecule has 0 amide bonds. The van der Waals surface area contributed by atoms with Gasteiger partial charge in [-0.15, -0.1) is 0 Å². The topological polar surface area (TPSA) is 58.6 Å². The fraction of sp³-hybridized carbons (Fsp3) is 1.00. The van der Waals surface area contributed by atoms with Gasteiger partial charge in [0, 0.05) is 19.7 Å². The van der Waals surface area contributed by atoms with E-state index in [0.29, 0.717) is 25.5 Å².